The first-order valence-electron chi connectivity index (χ1n) is 36.9. The molecule has 2 amide bonds. The molecule has 9 aliphatic heterocycles. The highest BCUT2D eigenvalue weighted by atomic mass is 16.8. The van der Waals surface area contributed by atoms with E-state index in [0.29, 0.717) is 0 Å². The van der Waals surface area contributed by atoms with Crippen molar-refractivity contribution in [3.8, 4) is 0 Å². The third-order valence-corrected chi connectivity index (χ3v) is 21.4. The number of hydrogen-bond donors (Lipinski definition) is 33. The predicted molar refractivity (Wildman–Crippen MR) is 355 cm³/mol. The van der Waals surface area contributed by atoms with Crippen molar-refractivity contribution in [3.05, 3.63) is 0 Å². The molecule has 0 radical (unpaired) electrons. The van der Waals surface area contributed by atoms with Gasteiger partial charge in [-0.05, 0) is 0 Å². The van der Waals surface area contributed by atoms with Gasteiger partial charge in [-0.15, -0.1) is 0 Å². The molecular formula is C64H106N2O52. The Kier molecular flexibility index (Phi) is 34.4. The van der Waals surface area contributed by atoms with Gasteiger partial charge in [0.15, 0.2) is 44.0 Å². The van der Waals surface area contributed by atoms with Crippen LogP contribution < -0.4 is 10.6 Å². The van der Waals surface area contributed by atoms with Gasteiger partial charge in [-0.2, -0.15) is 0 Å². The number of rotatable bonds is 33. The Hall–Kier alpha value is -3.96. The van der Waals surface area contributed by atoms with Gasteiger partial charge in [-0.1, -0.05) is 0 Å². The van der Waals surface area contributed by atoms with Gasteiger partial charge >= 0.3 is 11.9 Å². The van der Waals surface area contributed by atoms with Gasteiger partial charge in [-0.3, -0.25) is 9.59 Å². The summed E-state index contributed by atoms with van der Waals surface area (Å²) in [6, 6.07) is -3.86. The Morgan fingerprint density at radius 3 is 1.24 bits per heavy atom. The molecule has 0 saturated carbocycles. The molecule has 0 spiro atoms. The minimum atomic E-state index is -3.70. The largest absolute Gasteiger partial charge is 0.477 e. The van der Waals surface area contributed by atoms with Crippen LogP contribution in [-0.4, -0.2) is 529 Å². The lowest BCUT2D eigenvalue weighted by molar-refractivity contribution is -0.420. The highest BCUT2D eigenvalue weighted by molar-refractivity contribution is 5.77. The number of amides is 2. The molecule has 47 atom stereocenters. The first-order chi connectivity index (χ1) is 55.6. The van der Waals surface area contributed by atoms with Crippen LogP contribution in [0.5, 0.6) is 0 Å². The minimum Gasteiger partial charge on any atom is -0.477 e. The molecule has 9 heterocycles. The Morgan fingerprint density at radius 2 is 0.720 bits per heavy atom. The SMILES string of the molecule is CC(=O)N[C@H]1[C@H](O[C@H]2[C@@H](O)[C@@H](CO)O[C@@H](O[C@H]3[C@H](O)[C@@H](O)[C@H](O[C@H]4[C@H](O[C@H]5O[C@H]([C@@H](O)CO)[C@@H](O)[C@H](O)[C@@H]5O[C@H]5O[C@H](CO)[C@@H](O)[C@H](O)[C@H]5NC(C)=O)[C@H](O)[C@@H](O[C@H]5[C@@H]([C@H](O)CO)O[C@@](O)(C(=O)O)C[C@H]5O[C@]5(C(=O)O)C[C@@H](O)[C@@H](O)[C@@H]([C@H](O)CO)O5)O[C@@H]4[C@@H](O)CO)O[C@@H]3CO)[C@@H]2O)O[C@H](CO)[C@@H](O[C@@H]2O[C@H](CO)[C@H](O)[C@H](O)[C@H]2O)[C@@H]1O. The van der Waals surface area contributed by atoms with Gasteiger partial charge < -0.3 is 249 Å². The van der Waals surface area contributed by atoms with Crippen molar-refractivity contribution in [2.24, 2.45) is 0 Å². The van der Waals surface area contributed by atoms with E-state index in [0.717, 1.165) is 13.8 Å². The number of carbonyl (C=O) groups excluding carboxylic acids is 2. The lowest BCUT2D eigenvalue weighted by atomic mass is 9.89. The van der Waals surface area contributed by atoms with Gasteiger partial charge in [-0.25, -0.2) is 9.59 Å². The average Bonchev–Trinajstić information content (AvgIpc) is 0.752. The van der Waals surface area contributed by atoms with Crippen molar-refractivity contribution >= 4 is 23.8 Å². The third kappa shape index (κ3) is 20.6. The summed E-state index contributed by atoms with van der Waals surface area (Å²) in [6.07, 6.45) is -104. The Balaban J connectivity index is 1.09. The number of aliphatic hydroxyl groups excluding tert-OH is 28. The monoisotopic (exact) mass is 1730 g/mol. The number of aliphatic carboxylic acids is 2. The van der Waals surface area contributed by atoms with Crippen LogP contribution in [0.1, 0.15) is 26.7 Å². The number of ether oxygens (including phenoxy) is 17. The molecule has 0 unspecified atom stereocenters. The molecule has 54 heteroatoms. The molecule has 9 saturated heterocycles. The quantitative estimate of drug-likeness (QED) is 0.0290. The summed E-state index contributed by atoms with van der Waals surface area (Å²) < 4.78 is 99.6. The van der Waals surface area contributed by atoms with Crippen LogP contribution in [-0.2, 0) is 99.7 Å². The van der Waals surface area contributed by atoms with Gasteiger partial charge in [0.25, 0.3) is 11.6 Å². The highest BCUT2D eigenvalue weighted by Crippen LogP contribution is 2.45. The van der Waals surface area contributed by atoms with Gasteiger partial charge in [0.2, 0.25) is 11.8 Å². The number of hydrogen-bond acceptors (Lipinski definition) is 50. The van der Waals surface area contributed by atoms with E-state index in [-0.39, 0.29) is 0 Å². The molecule has 684 valence electrons. The normalized spacial score (nSPS) is 48.2. The molecule has 118 heavy (non-hydrogen) atoms. The van der Waals surface area contributed by atoms with E-state index in [4.69, 9.17) is 80.5 Å². The maximum Gasteiger partial charge on any atom is 0.364 e. The smallest absolute Gasteiger partial charge is 0.364 e. The molecule has 0 aliphatic carbocycles. The number of carboxylic acids is 2. The molecule has 0 bridgehead atoms. The van der Waals surface area contributed by atoms with Crippen LogP contribution in [0.3, 0.4) is 0 Å². The fourth-order valence-corrected chi connectivity index (χ4v) is 15.1. The number of nitrogens with one attached hydrogen (secondary N) is 2. The van der Waals surface area contributed by atoms with E-state index in [1.54, 1.807) is 0 Å². The van der Waals surface area contributed by atoms with Crippen molar-refractivity contribution in [2.45, 2.75) is 314 Å². The zero-order valence-electron chi connectivity index (χ0n) is 62.2. The molecule has 0 aromatic carbocycles. The molecule has 9 rings (SSSR count). The van der Waals surface area contributed by atoms with Crippen LogP contribution in [0.15, 0.2) is 0 Å². The van der Waals surface area contributed by atoms with E-state index < -0.39 is 383 Å². The molecule has 33 N–H and O–H groups in total. The summed E-state index contributed by atoms with van der Waals surface area (Å²) in [5.41, 5.74) is 0. The van der Waals surface area contributed by atoms with Crippen LogP contribution in [0.4, 0.5) is 0 Å². The van der Waals surface area contributed by atoms with Crippen molar-refractivity contribution in [3.63, 3.8) is 0 Å². The third-order valence-electron chi connectivity index (χ3n) is 21.4. The summed E-state index contributed by atoms with van der Waals surface area (Å²) in [6.45, 7) is -9.73. The zero-order chi connectivity index (χ0) is 87.5. The predicted octanol–water partition coefficient (Wildman–Crippen LogP) is -21.9. The summed E-state index contributed by atoms with van der Waals surface area (Å²) in [5, 5.41) is 348. The number of carbonyl (C=O) groups is 4. The lowest BCUT2D eigenvalue weighted by Gasteiger charge is -2.53. The van der Waals surface area contributed by atoms with Crippen molar-refractivity contribution in [1.82, 2.24) is 10.6 Å². The molecule has 9 aliphatic rings. The Morgan fingerprint density at radius 1 is 0.339 bits per heavy atom. The molecule has 54 nitrogen and oxygen atoms in total. The number of carboxylic acid groups (broad SMARTS) is 2. The second-order valence-corrected chi connectivity index (χ2v) is 29.5. The molecule has 9 fully saturated rings. The van der Waals surface area contributed by atoms with E-state index in [1.165, 1.54) is 0 Å². The van der Waals surface area contributed by atoms with Gasteiger partial charge in [0.05, 0.1) is 71.7 Å². The second-order valence-electron chi connectivity index (χ2n) is 29.5. The summed E-state index contributed by atoms with van der Waals surface area (Å²) in [5.74, 6) is -13.8. The van der Waals surface area contributed by atoms with E-state index in [1.807, 2.05) is 0 Å². The summed E-state index contributed by atoms with van der Waals surface area (Å²) >= 11 is 0. The maximum atomic E-state index is 13.4. The Labute approximate surface area is 664 Å². The first kappa shape index (κ1) is 97.8. The van der Waals surface area contributed by atoms with Gasteiger partial charge in [0, 0.05) is 26.7 Å². The maximum absolute atomic E-state index is 13.4. The van der Waals surface area contributed by atoms with Crippen LogP contribution in [0, 0.1) is 0 Å². The van der Waals surface area contributed by atoms with E-state index in [9.17, 15) is 177 Å². The molecule has 0 aromatic rings. The minimum absolute atomic E-state index is 0.893. The van der Waals surface area contributed by atoms with Crippen molar-refractivity contribution < 1.29 is 258 Å². The van der Waals surface area contributed by atoms with E-state index in [2.05, 4.69) is 10.6 Å². The fraction of sp³-hybridized carbons (Fsp3) is 0.938. The number of aliphatic hydroxyl groups is 29. The standard InChI is InChI=1S/C64H106N2O52/c1-14(76)65-27-33(87)30(84)22(9-71)102-54(27)114-52-37(91)36(90)43(17(79)5-67)107-60(52)113-51-42(96)59(111-49-21(4-63(101,61(97)98)117-46(49)20(82)8-70)116-64(62(99)100)3-16(78)29(83)44(118-64)18(80)6-68)108-45(19(81)7-69)53(51)115-57-40(94)38(92)48(26(13-75)106-57)110-58-41(95)50(32(86)24(11-73)104-58)112-55-28(66-15(2)77)34(88)47(25(12-74)105-55)109-56-39(93)35(89)31(85)23(10-72)103-56/h16-60,67-75,78-96,101H,3-13H2,1-2H3,(H,65,76)(H,66,77)(H,97,98)(H,99,100)/t16-,17+,18-,19+,20-,21-,22-,23-,24-,25-,26-,27-,28-,29-,30-,31+,32+,33-,34-,35+,36+,37+,38-,39-,40-,41-,42+,43-,44-,45-,46-,47-,48-,49-,50+,51-,52+,53-,54-,55+,56+,57+,58+,59-,60-,63-,64-/m1/s1. The topological polar surface area (TPSA) is 876 Å². The first-order valence-corrected chi connectivity index (χ1v) is 36.9. The summed E-state index contributed by atoms with van der Waals surface area (Å²) in [4.78, 5) is 51.7. The van der Waals surface area contributed by atoms with Crippen LogP contribution in [0.25, 0.3) is 0 Å². The van der Waals surface area contributed by atoms with Gasteiger partial charge in [0.1, 0.15) is 220 Å². The molecule has 0 aromatic heterocycles. The van der Waals surface area contributed by atoms with Crippen LogP contribution >= 0.6 is 0 Å². The summed E-state index contributed by atoms with van der Waals surface area (Å²) in [7, 11) is 0. The Bertz CT molecular complexity index is 3190. The lowest BCUT2D eigenvalue weighted by Crippen LogP contribution is -2.71. The highest BCUT2D eigenvalue weighted by Gasteiger charge is 2.65. The van der Waals surface area contributed by atoms with Crippen molar-refractivity contribution in [2.75, 3.05) is 59.5 Å². The second kappa shape index (κ2) is 41.4. The average molecular weight is 1740 g/mol. The molecular weight excluding hydrogens is 1630 g/mol. The fourth-order valence-electron chi connectivity index (χ4n) is 15.1. The zero-order valence-corrected chi connectivity index (χ0v) is 62.2. The van der Waals surface area contributed by atoms with Crippen molar-refractivity contribution in [1.29, 1.82) is 0 Å². The van der Waals surface area contributed by atoms with E-state index >= 15 is 0 Å². The van der Waals surface area contributed by atoms with Crippen LogP contribution in [0.2, 0.25) is 0 Å².